The Bertz CT molecular complexity index is 438. The van der Waals surface area contributed by atoms with E-state index in [1.807, 2.05) is 0 Å². The molecule has 1 aromatic rings. The molecule has 2 rings (SSSR count). The van der Waals surface area contributed by atoms with E-state index < -0.39 is 14.1 Å². The molecule has 1 aliphatic rings. The van der Waals surface area contributed by atoms with Crippen molar-refractivity contribution in [1.29, 1.82) is 0 Å². The van der Waals surface area contributed by atoms with Crippen molar-refractivity contribution >= 4 is 8.32 Å². The second-order valence-electron chi connectivity index (χ2n) is 6.84. The van der Waals surface area contributed by atoms with Crippen LogP contribution in [0.15, 0.2) is 30.3 Å². The zero-order valence-electron chi connectivity index (χ0n) is 13.0. The van der Waals surface area contributed by atoms with Gasteiger partial charge >= 0.3 is 0 Å². The van der Waals surface area contributed by atoms with Crippen molar-refractivity contribution < 1.29 is 9.16 Å². The highest BCUT2D eigenvalue weighted by Crippen LogP contribution is 2.65. The highest BCUT2D eigenvalue weighted by molar-refractivity contribution is 6.69. The summed E-state index contributed by atoms with van der Waals surface area (Å²) in [6, 6.07) is 10.7. The number of ether oxygens (including phenoxy) is 1. The Morgan fingerprint density at radius 2 is 1.68 bits per heavy atom. The lowest BCUT2D eigenvalue weighted by Crippen LogP contribution is -2.41. The van der Waals surface area contributed by atoms with Crippen LogP contribution in [-0.2, 0) is 14.6 Å². The molecule has 0 saturated heterocycles. The molecule has 0 heterocycles. The first-order valence-corrected chi connectivity index (χ1v) is 10.5. The number of hydrogen-bond acceptors (Lipinski definition) is 2. The number of benzene rings is 1. The molecule has 0 spiro atoms. The first-order valence-electron chi connectivity index (χ1n) is 7.08. The molecule has 0 radical (unpaired) electrons. The van der Waals surface area contributed by atoms with Crippen LogP contribution in [0.2, 0.25) is 19.6 Å². The molecule has 0 aromatic heterocycles. The first-order chi connectivity index (χ1) is 8.77. The maximum absolute atomic E-state index is 6.43. The van der Waals surface area contributed by atoms with Crippen molar-refractivity contribution in [2.75, 3.05) is 7.11 Å². The van der Waals surface area contributed by atoms with E-state index in [0.717, 1.165) is 6.42 Å². The van der Waals surface area contributed by atoms with Crippen LogP contribution in [0, 0.1) is 5.92 Å². The molecule has 2 atom stereocenters. The third kappa shape index (κ3) is 2.39. The van der Waals surface area contributed by atoms with Gasteiger partial charge in [-0.15, -0.1) is 0 Å². The van der Waals surface area contributed by atoms with Gasteiger partial charge in [-0.3, -0.25) is 0 Å². The Balaban J connectivity index is 2.40. The Morgan fingerprint density at radius 1 is 1.11 bits per heavy atom. The smallest absolute Gasteiger partial charge is 0.187 e. The molecule has 2 nitrogen and oxygen atoms in total. The van der Waals surface area contributed by atoms with E-state index in [2.05, 4.69) is 63.8 Å². The van der Waals surface area contributed by atoms with Gasteiger partial charge in [0.2, 0.25) is 0 Å². The fourth-order valence-corrected chi connectivity index (χ4v) is 4.60. The molecule has 0 unspecified atom stereocenters. The lowest BCUT2D eigenvalue weighted by atomic mass is 9.84. The lowest BCUT2D eigenvalue weighted by molar-refractivity contribution is -0.110. The molecule has 106 valence electrons. The highest BCUT2D eigenvalue weighted by Gasteiger charge is 2.72. The maximum atomic E-state index is 6.43. The SMILES string of the molecule is CO[C@]1(O[Si](C)(C)C)C[C@@]1(c1ccccc1)C(C)C. The largest absolute Gasteiger partial charge is 0.390 e. The fraction of sp³-hybridized carbons (Fsp3) is 0.625. The number of hydrogen-bond donors (Lipinski definition) is 0. The van der Waals surface area contributed by atoms with Crippen LogP contribution >= 0.6 is 0 Å². The van der Waals surface area contributed by atoms with E-state index in [-0.39, 0.29) is 5.41 Å². The Kier molecular flexibility index (Phi) is 3.67. The van der Waals surface area contributed by atoms with E-state index in [9.17, 15) is 0 Å². The molecule has 1 aliphatic carbocycles. The monoisotopic (exact) mass is 278 g/mol. The van der Waals surface area contributed by atoms with Crippen LogP contribution in [0.1, 0.15) is 25.8 Å². The second-order valence-corrected chi connectivity index (χ2v) is 11.3. The summed E-state index contributed by atoms with van der Waals surface area (Å²) in [6.07, 6.45) is 0.961. The summed E-state index contributed by atoms with van der Waals surface area (Å²) in [5.41, 5.74) is 1.34. The van der Waals surface area contributed by atoms with Crippen LogP contribution in [0.4, 0.5) is 0 Å². The van der Waals surface area contributed by atoms with Crippen molar-refractivity contribution in [3.05, 3.63) is 35.9 Å². The normalized spacial score (nSPS) is 30.7. The van der Waals surface area contributed by atoms with Gasteiger partial charge in [-0.2, -0.15) is 0 Å². The molecule has 0 bridgehead atoms. The molecule has 0 N–H and O–H groups in total. The maximum Gasteiger partial charge on any atom is 0.187 e. The Hall–Kier alpha value is -0.643. The summed E-state index contributed by atoms with van der Waals surface area (Å²) in [5, 5.41) is 0. The van der Waals surface area contributed by atoms with Crippen LogP contribution in [-0.4, -0.2) is 21.2 Å². The third-order valence-electron chi connectivity index (χ3n) is 4.14. The zero-order chi connectivity index (χ0) is 14.3. The lowest BCUT2D eigenvalue weighted by Gasteiger charge is -2.33. The molecular formula is C16H26O2Si. The van der Waals surface area contributed by atoms with Crippen LogP contribution in [0.5, 0.6) is 0 Å². The molecule has 0 aliphatic heterocycles. The van der Waals surface area contributed by atoms with Gasteiger partial charge in [-0.05, 0) is 31.1 Å². The predicted molar refractivity (Wildman–Crippen MR) is 81.7 cm³/mol. The number of rotatable bonds is 5. The second kappa shape index (κ2) is 4.72. The third-order valence-corrected chi connectivity index (χ3v) is 5.08. The van der Waals surface area contributed by atoms with Crippen molar-refractivity contribution in [2.45, 2.75) is 51.1 Å². The highest BCUT2D eigenvalue weighted by atomic mass is 28.4. The summed E-state index contributed by atoms with van der Waals surface area (Å²) >= 11 is 0. The Labute approximate surface area is 118 Å². The molecule has 19 heavy (non-hydrogen) atoms. The standard InChI is InChI=1S/C16H26O2Si/c1-13(2)15(14-10-8-7-9-11-14)12-16(15,17-3)18-19(4,5)6/h7-11,13H,12H2,1-6H3/t15-,16-/m0/s1. The van der Waals surface area contributed by atoms with Crippen LogP contribution < -0.4 is 0 Å². The van der Waals surface area contributed by atoms with E-state index in [1.165, 1.54) is 5.56 Å². The van der Waals surface area contributed by atoms with Gasteiger partial charge in [0.1, 0.15) is 0 Å². The zero-order valence-corrected chi connectivity index (χ0v) is 14.0. The van der Waals surface area contributed by atoms with Crippen molar-refractivity contribution in [2.24, 2.45) is 5.92 Å². The minimum atomic E-state index is -1.64. The Morgan fingerprint density at radius 3 is 2.11 bits per heavy atom. The van der Waals surface area contributed by atoms with Crippen LogP contribution in [0.25, 0.3) is 0 Å². The minimum absolute atomic E-state index is 0.00326. The van der Waals surface area contributed by atoms with Crippen molar-refractivity contribution in [1.82, 2.24) is 0 Å². The molecule has 1 fully saturated rings. The van der Waals surface area contributed by atoms with Gasteiger partial charge in [0.15, 0.2) is 14.1 Å². The van der Waals surface area contributed by atoms with Gasteiger partial charge in [0.05, 0.1) is 5.41 Å². The topological polar surface area (TPSA) is 18.5 Å². The average molecular weight is 278 g/mol. The van der Waals surface area contributed by atoms with E-state index in [4.69, 9.17) is 9.16 Å². The van der Waals surface area contributed by atoms with E-state index in [1.54, 1.807) is 7.11 Å². The number of methoxy groups -OCH3 is 1. The molecular weight excluding hydrogens is 252 g/mol. The van der Waals surface area contributed by atoms with Crippen molar-refractivity contribution in [3.8, 4) is 0 Å². The molecule has 3 heteroatoms. The van der Waals surface area contributed by atoms with Gasteiger partial charge in [-0.25, -0.2) is 0 Å². The van der Waals surface area contributed by atoms with Gasteiger partial charge in [-0.1, -0.05) is 44.2 Å². The van der Waals surface area contributed by atoms with Gasteiger partial charge < -0.3 is 9.16 Å². The van der Waals surface area contributed by atoms with Gasteiger partial charge in [0.25, 0.3) is 0 Å². The first kappa shape index (κ1) is 14.8. The summed E-state index contributed by atoms with van der Waals surface area (Å²) in [4.78, 5) is 0. The summed E-state index contributed by atoms with van der Waals surface area (Å²) in [5.74, 6) is 0.0682. The van der Waals surface area contributed by atoms with Gasteiger partial charge in [0, 0.05) is 13.5 Å². The molecule has 0 amide bonds. The summed E-state index contributed by atoms with van der Waals surface area (Å²) < 4.78 is 12.3. The predicted octanol–water partition coefficient (Wildman–Crippen LogP) is 4.18. The quantitative estimate of drug-likeness (QED) is 0.594. The molecule has 1 saturated carbocycles. The summed E-state index contributed by atoms with van der Waals surface area (Å²) in [6.45, 7) is 11.2. The molecule has 1 aromatic carbocycles. The van der Waals surface area contributed by atoms with E-state index >= 15 is 0 Å². The van der Waals surface area contributed by atoms with E-state index in [0.29, 0.717) is 5.92 Å². The van der Waals surface area contributed by atoms with Crippen molar-refractivity contribution in [3.63, 3.8) is 0 Å². The fourth-order valence-electron chi connectivity index (χ4n) is 3.28. The summed E-state index contributed by atoms with van der Waals surface area (Å²) in [7, 11) is 0.141. The average Bonchev–Trinajstić information content (AvgIpc) is 2.99. The van der Waals surface area contributed by atoms with Crippen LogP contribution in [0.3, 0.4) is 0 Å². The minimum Gasteiger partial charge on any atom is -0.390 e.